The number of hydrogen-bond donors (Lipinski definition) is 0. The molecule has 7 heteroatoms. The van der Waals surface area contributed by atoms with Crippen LogP contribution in [0.2, 0.25) is 0 Å². The Hall–Kier alpha value is -3.14. The summed E-state index contributed by atoms with van der Waals surface area (Å²) >= 11 is 0. The van der Waals surface area contributed by atoms with Gasteiger partial charge in [-0.1, -0.05) is 12.1 Å². The Balaban J connectivity index is 1.83. The summed E-state index contributed by atoms with van der Waals surface area (Å²) in [6.07, 6.45) is 1.11. The maximum absolute atomic E-state index is 13.3. The third kappa shape index (κ3) is 1.85. The molecule has 0 amide bonds. The number of para-hydroxylation sites is 1. The van der Waals surface area contributed by atoms with E-state index in [2.05, 4.69) is 10.1 Å². The quantitative estimate of drug-likeness (QED) is 0.725. The second-order valence-corrected chi connectivity index (χ2v) is 4.79. The van der Waals surface area contributed by atoms with Gasteiger partial charge in [-0.3, -0.25) is 0 Å². The fourth-order valence-electron chi connectivity index (χ4n) is 2.50. The van der Waals surface area contributed by atoms with Gasteiger partial charge in [-0.25, -0.2) is 14.1 Å². The highest BCUT2D eigenvalue weighted by Crippen LogP contribution is 2.36. The summed E-state index contributed by atoms with van der Waals surface area (Å²) in [5.41, 5.74) is 1.45. The zero-order chi connectivity index (χ0) is 15.1. The monoisotopic (exact) mass is 296 g/mol. The summed E-state index contributed by atoms with van der Waals surface area (Å²) in [5.74, 6) is 0.834. The summed E-state index contributed by atoms with van der Waals surface area (Å²) in [7, 11) is 0. The van der Waals surface area contributed by atoms with Crippen molar-refractivity contribution < 1.29 is 13.9 Å². The van der Waals surface area contributed by atoms with Gasteiger partial charge < -0.3 is 9.47 Å². The van der Waals surface area contributed by atoms with Crippen LogP contribution in [0.4, 0.5) is 4.39 Å². The maximum Gasteiger partial charge on any atom is 0.231 e. The first kappa shape index (κ1) is 12.6. The molecular formula is C15H9FN4O2. The molecule has 0 saturated carbocycles. The SMILES string of the molecule is N#Cc1nn(Cc2cccc3c2OCO3)c2ncc(F)cc12. The second kappa shape index (κ2) is 4.70. The number of halogens is 1. The number of benzene rings is 1. The summed E-state index contributed by atoms with van der Waals surface area (Å²) in [4.78, 5) is 4.04. The lowest BCUT2D eigenvalue weighted by Crippen LogP contribution is -2.04. The molecule has 0 unspecified atom stereocenters. The second-order valence-electron chi connectivity index (χ2n) is 4.79. The fraction of sp³-hybridized carbons (Fsp3) is 0.133. The van der Waals surface area contributed by atoms with Gasteiger partial charge in [0, 0.05) is 5.56 Å². The van der Waals surface area contributed by atoms with E-state index in [-0.39, 0.29) is 12.5 Å². The van der Waals surface area contributed by atoms with E-state index < -0.39 is 5.82 Å². The standard InChI is InChI=1S/C15H9FN4O2/c16-10-4-11-12(5-17)19-20(15(11)18-6-10)7-9-2-1-3-13-14(9)22-8-21-13/h1-4,6H,7-8H2. The molecule has 3 aromatic rings. The molecule has 1 aliphatic rings. The third-order valence-corrected chi connectivity index (χ3v) is 3.46. The van der Waals surface area contributed by atoms with Gasteiger partial charge in [-0.15, -0.1) is 0 Å². The van der Waals surface area contributed by atoms with Gasteiger partial charge >= 0.3 is 0 Å². The normalized spacial score (nSPS) is 12.5. The Morgan fingerprint density at radius 2 is 2.27 bits per heavy atom. The van der Waals surface area contributed by atoms with Crippen molar-refractivity contribution in [2.24, 2.45) is 0 Å². The van der Waals surface area contributed by atoms with Gasteiger partial charge in [0.15, 0.2) is 22.8 Å². The minimum Gasteiger partial charge on any atom is -0.454 e. The van der Waals surface area contributed by atoms with Crippen molar-refractivity contribution in [1.82, 2.24) is 14.8 Å². The number of nitriles is 1. The molecule has 0 fully saturated rings. The molecule has 2 aromatic heterocycles. The van der Waals surface area contributed by atoms with Crippen molar-refractivity contribution >= 4 is 11.0 Å². The van der Waals surface area contributed by atoms with Gasteiger partial charge in [-0.05, 0) is 12.1 Å². The lowest BCUT2D eigenvalue weighted by atomic mass is 10.2. The molecule has 4 rings (SSSR count). The van der Waals surface area contributed by atoms with Crippen molar-refractivity contribution in [3.63, 3.8) is 0 Å². The van der Waals surface area contributed by atoms with E-state index in [4.69, 9.17) is 14.7 Å². The zero-order valence-corrected chi connectivity index (χ0v) is 11.3. The number of fused-ring (bicyclic) bond motifs is 2. The highest BCUT2D eigenvalue weighted by molar-refractivity contribution is 5.80. The van der Waals surface area contributed by atoms with Crippen molar-refractivity contribution in [2.45, 2.75) is 6.54 Å². The molecule has 3 heterocycles. The molecule has 0 saturated heterocycles. The Morgan fingerprint density at radius 1 is 1.36 bits per heavy atom. The lowest BCUT2D eigenvalue weighted by Gasteiger charge is -2.06. The largest absolute Gasteiger partial charge is 0.454 e. The molecule has 0 atom stereocenters. The van der Waals surface area contributed by atoms with Crippen LogP contribution in [0.3, 0.4) is 0 Å². The van der Waals surface area contributed by atoms with Crippen LogP contribution in [0.15, 0.2) is 30.5 Å². The van der Waals surface area contributed by atoms with Crippen LogP contribution in [0.5, 0.6) is 11.5 Å². The smallest absolute Gasteiger partial charge is 0.231 e. The average Bonchev–Trinajstić information content (AvgIpc) is 3.12. The highest BCUT2D eigenvalue weighted by atomic mass is 19.1. The van der Waals surface area contributed by atoms with Crippen molar-refractivity contribution in [3.8, 4) is 17.6 Å². The number of nitrogens with zero attached hydrogens (tertiary/aromatic N) is 4. The molecule has 0 spiro atoms. The molecule has 1 aliphatic heterocycles. The van der Waals surface area contributed by atoms with Crippen LogP contribution in [-0.2, 0) is 6.54 Å². The highest BCUT2D eigenvalue weighted by Gasteiger charge is 2.19. The van der Waals surface area contributed by atoms with Crippen LogP contribution >= 0.6 is 0 Å². The van der Waals surface area contributed by atoms with E-state index in [1.165, 1.54) is 6.07 Å². The molecule has 1 aromatic carbocycles. The molecule has 108 valence electrons. The fourth-order valence-corrected chi connectivity index (χ4v) is 2.50. The predicted octanol–water partition coefficient (Wildman–Crippen LogP) is 2.22. The third-order valence-electron chi connectivity index (χ3n) is 3.46. The maximum atomic E-state index is 13.3. The van der Waals surface area contributed by atoms with E-state index in [0.717, 1.165) is 11.8 Å². The Bertz CT molecular complexity index is 929. The van der Waals surface area contributed by atoms with Crippen LogP contribution in [0, 0.1) is 17.1 Å². The first-order valence-electron chi connectivity index (χ1n) is 6.56. The van der Waals surface area contributed by atoms with E-state index in [1.807, 2.05) is 24.3 Å². The minimum atomic E-state index is -0.499. The van der Waals surface area contributed by atoms with Gasteiger partial charge in [0.05, 0.1) is 18.1 Å². The molecule has 22 heavy (non-hydrogen) atoms. The zero-order valence-electron chi connectivity index (χ0n) is 11.3. The van der Waals surface area contributed by atoms with Gasteiger partial charge in [0.1, 0.15) is 11.9 Å². The summed E-state index contributed by atoms with van der Waals surface area (Å²) < 4.78 is 25.7. The van der Waals surface area contributed by atoms with E-state index in [1.54, 1.807) is 4.68 Å². The molecule has 0 aliphatic carbocycles. The van der Waals surface area contributed by atoms with Crippen LogP contribution < -0.4 is 9.47 Å². The summed E-state index contributed by atoms with van der Waals surface area (Å²) in [6, 6.07) is 8.78. The van der Waals surface area contributed by atoms with E-state index in [0.29, 0.717) is 29.1 Å². The van der Waals surface area contributed by atoms with Gasteiger partial charge in [0.2, 0.25) is 6.79 Å². The van der Waals surface area contributed by atoms with Gasteiger partial charge in [-0.2, -0.15) is 10.4 Å². The predicted molar refractivity (Wildman–Crippen MR) is 73.9 cm³/mol. The number of ether oxygens (including phenoxy) is 2. The molecule has 0 N–H and O–H groups in total. The van der Waals surface area contributed by atoms with Crippen molar-refractivity contribution in [2.75, 3.05) is 6.79 Å². The average molecular weight is 296 g/mol. The van der Waals surface area contributed by atoms with Crippen molar-refractivity contribution in [3.05, 3.63) is 47.5 Å². The molecule has 0 bridgehead atoms. The minimum absolute atomic E-state index is 0.145. The van der Waals surface area contributed by atoms with Crippen molar-refractivity contribution in [1.29, 1.82) is 5.26 Å². The van der Waals surface area contributed by atoms with E-state index >= 15 is 0 Å². The molecular weight excluding hydrogens is 287 g/mol. The lowest BCUT2D eigenvalue weighted by molar-refractivity contribution is 0.173. The van der Waals surface area contributed by atoms with E-state index in [9.17, 15) is 4.39 Å². The Morgan fingerprint density at radius 3 is 3.14 bits per heavy atom. The number of rotatable bonds is 2. The topological polar surface area (TPSA) is 73.0 Å². The van der Waals surface area contributed by atoms with Crippen LogP contribution in [0.1, 0.15) is 11.3 Å². The number of pyridine rings is 1. The van der Waals surface area contributed by atoms with Crippen LogP contribution in [0.25, 0.3) is 11.0 Å². The Labute approximate surface area is 124 Å². The first-order chi connectivity index (χ1) is 10.8. The Kier molecular flexibility index (Phi) is 2.69. The van der Waals surface area contributed by atoms with Crippen LogP contribution in [-0.4, -0.2) is 21.6 Å². The van der Waals surface area contributed by atoms with Gasteiger partial charge in [0.25, 0.3) is 0 Å². The number of aromatic nitrogens is 3. The molecule has 0 radical (unpaired) electrons. The summed E-state index contributed by atoms with van der Waals surface area (Å²) in [6.45, 7) is 0.530. The molecule has 6 nitrogen and oxygen atoms in total. The number of hydrogen-bond acceptors (Lipinski definition) is 5. The summed E-state index contributed by atoms with van der Waals surface area (Å²) in [5, 5.41) is 13.7. The first-order valence-corrected chi connectivity index (χ1v) is 6.56.